The first-order valence-corrected chi connectivity index (χ1v) is 10.2. The monoisotopic (exact) mass is 435 g/mol. The number of furan rings is 1. The maximum Gasteiger partial charge on any atom is 0.291 e. The summed E-state index contributed by atoms with van der Waals surface area (Å²) in [5.74, 6) is 0.351. The smallest absolute Gasteiger partial charge is 0.291 e. The average Bonchev–Trinajstić information content (AvgIpc) is 3.15. The third-order valence-corrected chi connectivity index (χ3v) is 5.28. The molecule has 8 heteroatoms. The number of hydrogen-bond acceptors (Lipinski definition) is 5. The summed E-state index contributed by atoms with van der Waals surface area (Å²) in [5, 5.41) is 7.10. The topological polar surface area (TPSA) is 92.9 Å². The van der Waals surface area contributed by atoms with E-state index in [0.717, 1.165) is 12.0 Å². The molecule has 1 heterocycles. The van der Waals surface area contributed by atoms with Crippen LogP contribution in [0.5, 0.6) is 5.75 Å². The Morgan fingerprint density at radius 3 is 2.44 bits per heavy atom. The van der Waals surface area contributed by atoms with Crippen molar-refractivity contribution in [1.82, 2.24) is 5.43 Å². The molecule has 2 amide bonds. The van der Waals surface area contributed by atoms with Gasteiger partial charge in [0.2, 0.25) is 0 Å². The molecule has 7 nitrogen and oxygen atoms in total. The van der Waals surface area contributed by atoms with E-state index in [1.165, 1.54) is 24.3 Å². The fourth-order valence-corrected chi connectivity index (χ4v) is 3.64. The molecule has 1 aromatic heterocycles. The van der Waals surface area contributed by atoms with Crippen LogP contribution in [-0.4, -0.2) is 24.6 Å². The van der Waals surface area contributed by atoms with Gasteiger partial charge in [-0.2, -0.15) is 5.10 Å². The number of hydrogen-bond donors (Lipinski definition) is 2. The number of nitrogens with zero attached hydrogens (tertiary/aromatic N) is 1. The Morgan fingerprint density at radius 1 is 1.03 bits per heavy atom. The van der Waals surface area contributed by atoms with E-state index >= 15 is 0 Å². The highest BCUT2D eigenvalue weighted by molar-refractivity contribution is 6.09. The van der Waals surface area contributed by atoms with Crippen LogP contribution in [0.3, 0.4) is 0 Å². The van der Waals surface area contributed by atoms with Crippen molar-refractivity contribution in [1.29, 1.82) is 0 Å². The molecule has 2 N–H and O–H groups in total. The molecule has 32 heavy (non-hydrogen) atoms. The summed E-state index contributed by atoms with van der Waals surface area (Å²) in [6.45, 7) is 1.80. The van der Waals surface area contributed by atoms with Gasteiger partial charge in [-0.25, -0.2) is 9.82 Å². The Balaban J connectivity index is 1.54. The highest BCUT2D eigenvalue weighted by Gasteiger charge is 2.28. The number of nitrogens with one attached hydrogen (secondary N) is 2. The van der Waals surface area contributed by atoms with Crippen LogP contribution in [0.2, 0.25) is 0 Å². The van der Waals surface area contributed by atoms with Crippen LogP contribution < -0.4 is 15.5 Å². The van der Waals surface area contributed by atoms with E-state index < -0.39 is 11.7 Å². The predicted octanol–water partition coefficient (Wildman–Crippen LogP) is 4.46. The van der Waals surface area contributed by atoms with Gasteiger partial charge >= 0.3 is 0 Å². The Morgan fingerprint density at radius 2 is 1.75 bits per heavy atom. The number of methoxy groups -OCH3 is 1. The number of anilines is 1. The SMILES string of the molecule is COc1ccc(NC(=O)c2oc3c(c2C)/C(=N/NC(=O)c2ccc(F)cc2)CCC3)cc1. The first-order valence-electron chi connectivity index (χ1n) is 10.2. The van der Waals surface area contributed by atoms with E-state index in [0.29, 0.717) is 46.9 Å². The van der Waals surface area contributed by atoms with Crippen LogP contribution >= 0.6 is 0 Å². The molecule has 0 saturated carbocycles. The molecular weight excluding hydrogens is 413 g/mol. The fourth-order valence-electron chi connectivity index (χ4n) is 3.64. The van der Waals surface area contributed by atoms with Gasteiger partial charge in [0, 0.05) is 28.8 Å². The normalized spacial score (nSPS) is 14.0. The van der Waals surface area contributed by atoms with Gasteiger partial charge in [0.25, 0.3) is 11.8 Å². The lowest BCUT2D eigenvalue weighted by atomic mass is 9.93. The Labute approximate surface area is 184 Å². The van der Waals surface area contributed by atoms with Crippen molar-refractivity contribution in [2.75, 3.05) is 12.4 Å². The molecule has 0 fully saturated rings. The van der Waals surface area contributed by atoms with Crippen molar-refractivity contribution in [2.24, 2.45) is 5.10 Å². The van der Waals surface area contributed by atoms with Crippen LogP contribution in [0.15, 0.2) is 58.0 Å². The average molecular weight is 435 g/mol. The molecule has 0 unspecified atom stereocenters. The van der Waals surface area contributed by atoms with Gasteiger partial charge in [0.15, 0.2) is 5.76 Å². The number of amides is 2. The van der Waals surface area contributed by atoms with Crippen molar-refractivity contribution < 1.29 is 23.1 Å². The molecular formula is C24H22FN3O4. The van der Waals surface area contributed by atoms with E-state index in [-0.39, 0.29) is 11.7 Å². The fraction of sp³-hybridized carbons (Fsp3) is 0.208. The lowest BCUT2D eigenvalue weighted by Crippen LogP contribution is -2.22. The van der Waals surface area contributed by atoms with Gasteiger partial charge < -0.3 is 14.5 Å². The summed E-state index contributed by atoms with van der Waals surface area (Å²) in [5.41, 5.74) is 5.49. The second kappa shape index (κ2) is 9.05. The van der Waals surface area contributed by atoms with Crippen molar-refractivity contribution in [3.05, 3.63) is 82.6 Å². The number of benzene rings is 2. The van der Waals surface area contributed by atoms with Crippen LogP contribution in [0.1, 0.15) is 50.6 Å². The highest BCUT2D eigenvalue weighted by atomic mass is 19.1. The number of aryl methyl sites for hydroxylation is 1. The molecule has 0 aliphatic heterocycles. The zero-order valence-electron chi connectivity index (χ0n) is 17.7. The number of fused-ring (bicyclic) bond motifs is 1. The van der Waals surface area contributed by atoms with Crippen molar-refractivity contribution in [3.63, 3.8) is 0 Å². The zero-order valence-corrected chi connectivity index (χ0v) is 17.7. The summed E-state index contributed by atoms with van der Waals surface area (Å²) >= 11 is 0. The molecule has 1 aliphatic carbocycles. The van der Waals surface area contributed by atoms with Crippen molar-refractivity contribution >= 4 is 23.2 Å². The summed E-state index contributed by atoms with van der Waals surface area (Å²) in [4.78, 5) is 25.1. The van der Waals surface area contributed by atoms with E-state index in [9.17, 15) is 14.0 Å². The quantitative estimate of drug-likeness (QED) is 0.579. The van der Waals surface area contributed by atoms with Gasteiger partial charge in [-0.05, 0) is 68.3 Å². The second-order valence-electron chi connectivity index (χ2n) is 7.40. The minimum absolute atomic E-state index is 0.213. The number of halogens is 1. The summed E-state index contributed by atoms with van der Waals surface area (Å²) < 4.78 is 24.1. The first kappa shape index (κ1) is 21.3. The Hall–Kier alpha value is -3.94. The van der Waals surface area contributed by atoms with Gasteiger partial charge in [-0.3, -0.25) is 9.59 Å². The zero-order chi connectivity index (χ0) is 22.7. The Kier molecular flexibility index (Phi) is 6.02. The second-order valence-corrected chi connectivity index (χ2v) is 7.40. The number of carbonyl (C=O) groups excluding carboxylic acids is 2. The maximum atomic E-state index is 13.1. The molecule has 0 saturated heterocycles. The first-order chi connectivity index (χ1) is 15.5. The molecule has 0 radical (unpaired) electrons. The van der Waals surface area contributed by atoms with Crippen molar-refractivity contribution in [3.8, 4) is 5.75 Å². The van der Waals surface area contributed by atoms with Crippen molar-refractivity contribution in [2.45, 2.75) is 26.2 Å². The van der Waals surface area contributed by atoms with E-state index in [1.807, 2.05) is 0 Å². The van der Waals surface area contributed by atoms with Crippen LogP contribution in [-0.2, 0) is 6.42 Å². The number of carbonyl (C=O) groups is 2. The van der Waals surface area contributed by atoms with Gasteiger partial charge in [-0.1, -0.05) is 0 Å². The van der Waals surface area contributed by atoms with Gasteiger partial charge in [-0.15, -0.1) is 0 Å². The van der Waals surface area contributed by atoms with Gasteiger partial charge in [0.1, 0.15) is 17.3 Å². The molecule has 0 atom stereocenters. The standard InChI is InChI=1S/C24H22FN3O4/c1-14-21-19(27-28-23(29)15-6-8-16(25)9-7-15)4-3-5-20(21)32-22(14)24(30)26-17-10-12-18(31-2)13-11-17/h6-13H,3-5H2,1-2H3,(H,26,30)(H,28,29)/b27-19+. The lowest BCUT2D eigenvalue weighted by molar-refractivity contribution is 0.0953. The molecule has 2 aromatic carbocycles. The minimum Gasteiger partial charge on any atom is -0.497 e. The largest absolute Gasteiger partial charge is 0.497 e. The minimum atomic E-state index is -0.441. The van der Waals surface area contributed by atoms with E-state index in [2.05, 4.69) is 15.8 Å². The molecule has 4 rings (SSSR count). The van der Waals surface area contributed by atoms with Crippen LogP contribution in [0.4, 0.5) is 10.1 Å². The third-order valence-electron chi connectivity index (χ3n) is 5.28. The van der Waals surface area contributed by atoms with Gasteiger partial charge in [0.05, 0.1) is 12.8 Å². The number of rotatable bonds is 5. The lowest BCUT2D eigenvalue weighted by Gasteiger charge is -2.13. The number of ether oxygens (including phenoxy) is 1. The number of hydrazone groups is 1. The van der Waals surface area contributed by atoms with E-state index in [1.54, 1.807) is 38.3 Å². The van der Waals surface area contributed by atoms with E-state index in [4.69, 9.17) is 9.15 Å². The third kappa shape index (κ3) is 4.39. The predicted molar refractivity (Wildman–Crippen MR) is 118 cm³/mol. The highest BCUT2D eigenvalue weighted by Crippen LogP contribution is 2.30. The molecule has 1 aliphatic rings. The van der Waals surface area contributed by atoms with Crippen LogP contribution in [0.25, 0.3) is 0 Å². The molecule has 0 spiro atoms. The summed E-state index contributed by atoms with van der Waals surface area (Å²) in [6.07, 6.45) is 2.10. The molecule has 0 bridgehead atoms. The Bertz CT molecular complexity index is 1180. The molecule has 3 aromatic rings. The summed E-state index contributed by atoms with van der Waals surface area (Å²) in [7, 11) is 1.57. The maximum absolute atomic E-state index is 13.1. The summed E-state index contributed by atoms with van der Waals surface area (Å²) in [6, 6.07) is 12.2. The van der Waals surface area contributed by atoms with Crippen LogP contribution in [0, 0.1) is 12.7 Å². The molecule has 164 valence electrons.